The first-order chi connectivity index (χ1) is 10.0. The Hall–Kier alpha value is -0.473. The van der Waals surface area contributed by atoms with Gasteiger partial charge in [-0.15, -0.1) is 0 Å². The molecule has 0 aliphatic heterocycles. The van der Waals surface area contributed by atoms with Gasteiger partial charge in [0.1, 0.15) is 6.61 Å². The Morgan fingerprint density at radius 2 is 1.57 bits per heavy atom. The lowest BCUT2D eigenvalue weighted by molar-refractivity contribution is -0.149. The van der Waals surface area contributed by atoms with Gasteiger partial charge < -0.3 is 22.8 Å². The molecular formula is C14H30O6Si. The SMILES string of the molecule is COCCOC(=O)C(C)CCCCC[Si](OC)(OC)OC. The number of carbonyl (C=O) groups is 1. The van der Waals surface area contributed by atoms with Gasteiger partial charge in [0.25, 0.3) is 0 Å². The standard InChI is InChI=1S/C14H30O6Si/c1-13(14(15)20-11-10-16-2)9-7-6-8-12-21(17-3,18-4)19-5/h13H,6-12H2,1-5H3. The van der Waals surface area contributed by atoms with Gasteiger partial charge in [0.2, 0.25) is 0 Å². The number of hydrogen-bond acceptors (Lipinski definition) is 6. The highest BCUT2D eigenvalue weighted by molar-refractivity contribution is 6.60. The predicted molar refractivity (Wildman–Crippen MR) is 82.1 cm³/mol. The second-order valence-electron chi connectivity index (χ2n) is 4.96. The van der Waals surface area contributed by atoms with E-state index in [0.29, 0.717) is 13.2 Å². The quantitative estimate of drug-likeness (QED) is 0.294. The summed E-state index contributed by atoms with van der Waals surface area (Å²) in [5.74, 6) is -0.224. The third-order valence-electron chi connectivity index (χ3n) is 3.49. The van der Waals surface area contributed by atoms with E-state index in [0.717, 1.165) is 31.7 Å². The molecule has 0 aliphatic carbocycles. The Bertz CT molecular complexity index is 262. The number of unbranched alkanes of at least 4 members (excludes halogenated alkanes) is 2. The highest BCUT2D eigenvalue weighted by atomic mass is 28.4. The first-order valence-electron chi connectivity index (χ1n) is 7.36. The molecule has 0 saturated heterocycles. The van der Waals surface area contributed by atoms with Crippen LogP contribution < -0.4 is 0 Å². The lowest BCUT2D eigenvalue weighted by atomic mass is 10.0. The maximum Gasteiger partial charge on any atom is 0.500 e. The number of rotatable bonds is 13. The largest absolute Gasteiger partial charge is 0.500 e. The van der Waals surface area contributed by atoms with Gasteiger partial charge in [0.05, 0.1) is 12.5 Å². The number of ether oxygens (including phenoxy) is 2. The lowest BCUT2D eigenvalue weighted by Gasteiger charge is -2.24. The molecule has 0 spiro atoms. The molecule has 0 amide bonds. The van der Waals surface area contributed by atoms with Crippen molar-refractivity contribution in [2.45, 2.75) is 38.7 Å². The number of esters is 1. The van der Waals surface area contributed by atoms with Gasteiger partial charge in [0, 0.05) is 34.5 Å². The van der Waals surface area contributed by atoms with Crippen molar-refractivity contribution in [2.24, 2.45) is 5.92 Å². The van der Waals surface area contributed by atoms with Crippen molar-refractivity contribution < 1.29 is 27.5 Å². The summed E-state index contributed by atoms with van der Waals surface area (Å²) in [7, 11) is 4.01. The Balaban J connectivity index is 3.77. The molecule has 0 fully saturated rings. The Morgan fingerprint density at radius 1 is 0.952 bits per heavy atom. The summed E-state index contributed by atoms with van der Waals surface area (Å²) < 4.78 is 26.0. The summed E-state index contributed by atoms with van der Waals surface area (Å²) in [4.78, 5) is 11.6. The van der Waals surface area contributed by atoms with Gasteiger partial charge in [-0.25, -0.2) is 0 Å². The Labute approximate surface area is 129 Å². The smallest absolute Gasteiger partial charge is 0.463 e. The second-order valence-corrected chi connectivity index (χ2v) is 8.05. The van der Waals surface area contributed by atoms with E-state index < -0.39 is 8.80 Å². The van der Waals surface area contributed by atoms with E-state index in [2.05, 4.69) is 0 Å². The molecule has 1 unspecified atom stereocenters. The summed E-state index contributed by atoms with van der Waals surface area (Å²) >= 11 is 0. The first-order valence-corrected chi connectivity index (χ1v) is 9.29. The topological polar surface area (TPSA) is 63.2 Å². The molecule has 0 rings (SSSR count). The molecule has 7 heteroatoms. The molecule has 0 aromatic heterocycles. The molecule has 0 bridgehead atoms. The zero-order valence-corrected chi connectivity index (χ0v) is 15.0. The maximum atomic E-state index is 11.6. The molecule has 0 heterocycles. The third-order valence-corrected chi connectivity index (χ3v) is 6.32. The second kappa shape index (κ2) is 12.1. The molecule has 0 N–H and O–H groups in total. The molecule has 0 aromatic carbocycles. The average Bonchev–Trinajstić information content (AvgIpc) is 2.51. The van der Waals surface area contributed by atoms with Crippen molar-refractivity contribution in [2.75, 3.05) is 41.7 Å². The van der Waals surface area contributed by atoms with Crippen molar-refractivity contribution in [3.8, 4) is 0 Å². The highest BCUT2D eigenvalue weighted by Crippen LogP contribution is 2.19. The highest BCUT2D eigenvalue weighted by Gasteiger charge is 2.36. The minimum Gasteiger partial charge on any atom is -0.463 e. The van der Waals surface area contributed by atoms with Gasteiger partial charge in [-0.05, 0) is 12.8 Å². The number of carbonyl (C=O) groups excluding carboxylic acids is 1. The Kier molecular flexibility index (Phi) is 11.8. The molecule has 0 aliphatic rings. The van der Waals surface area contributed by atoms with Crippen LogP contribution in [0.15, 0.2) is 0 Å². The van der Waals surface area contributed by atoms with E-state index >= 15 is 0 Å². The van der Waals surface area contributed by atoms with Crippen molar-refractivity contribution >= 4 is 14.8 Å². The first kappa shape index (κ1) is 20.5. The fraction of sp³-hybridized carbons (Fsp3) is 0.929. The van der Waals surface area contributed by atoms with Crippen LogP contribution in [0.1, 0.15) is 32.6 Å². The van der Waals surface area contributed by atoms with E-state index in [4.69, 9.17) is 22.8 Å². The maximum absolute atomic E-state index is 11.6. The normalized spacial score (nSPS) is 13.2. The summed E-state index contributed by atoms with van der Waals surface area (Å²) in [6, 6.07) is 0.795. The van der Waals surface area contributed by atoms with Crippen LogP contribution in [0, 0.1) is 5.92 Å². The third kappa shape index (κ3) is 8.52. The van der Waals surface area contributed by atoms with E-state index in [-0.39, 0.29) is 11.9 Å². The molecule has 0 aromatic rings. The van der Waals surface area contributed by atoms with Crippen molar-refractivity contribution in [3.05, 3.63) is 0 Å². The molecule has 126 valence electrons. The van der Waals surface area contributed by atoms with Crippen LogP contribution >= 0.6 is 0 Å². The summed E-state index contributed by atoms with van der Waals surface area (Å²) in [5.41, 5.74) is 0. The fourth-order valence-electron chi connectivity index (χ4n) is 2.01. The van der Waals surface area contributed by atoms with E-state index in [1.165, 1.54) is 0 Å². The van der Waals surface area contributed by atoms with Crippen LogP contribution in [0.3, 0.4) is 0 Å². The van der Waals surface area contributed by atoms with Crippen LogP contribution in [-0.4, -0.2) is 56.4 Å². The Morgan fingerprint density at radius 3 is 2.10 bits per heavy atom. The zero-order chi connectivity index (χ0) is 16.1. The van der Waals surface area contributed by atoms with E-state index in [9.17, 15) is 4.79 Å². The van der Waals surface area contributed by atoms with Crippen LogP contribution in [0.4, 0.5) is 0 Å². The van der Waals surface area contributed by atoms with Crippen molar-refractivity contribution in [3.63, 3.8) is 0 Å². The van der Waals surface area contributed by atoms with Gasteiger partial charge in [-0.1, -0.05) is 19.8 Å². The van der Waals surface area contributed by atoms with Crippen molar-refractivity contribution in [1.29, 1.82) is 0 Å². The van der Waals surface area contributed by atoms with Gasteiger partial charge in [-0.3, -0.25) is 4.79 Å². The van der Waals surface area contributed by atoms with Crippen LogP contribution in [-0.2, 0) is 27.5 Å². The van der Waals surface area contributed by atoms with Gasteiger partial charge >= 0.3 is 14.8 Å². The number of methoxy groups -OCH3 is 1. The average molecular weight is 322 g/mol. The monoisotopic (exact) mass is 322 g/mol. The summed E-state index contributed by atoms with van der Waals surface area (Å²) in [6.45, 7) is 2.66. The molecular weight excluding hydrogens is 292 g/mol. The predicted octanol–water partition coefficient (Wildman–Crippen LogP) is 2.25. The van der Waals surface area contributed by atoms with Gasteiger partial charge in [0.15, 0.2) is 0 Å². The van der Waals surface area contributed by atoms with Crippen LogP contribution in [0.5, 0.6) is 0 Å². The molecule has 0 saturated carbocycles. The lowest BCUT2D eigenvalue weighted by Crippen LogP contribution is -2.42. The minimum atomic E-state index is -2.44. The van der Waals surface area contributed by atoms with Crippen LogP contribution in [0.25, 0.3) is 0 Å². The summed E-state index contributed by atoms with van der Waals surface area (Å²) in [6.07, 6.45) is 3.78. The molecule has 0 radical (unpaired) electrons. The molecule has 21 heavy (non-hydrogen) atoms. The summed E-state index contributed by atoms with van der Waals surface area (Å²) in [5, 5.41) is 0. The van der Waals surface area contributed by atoms with Crippen LogP contribution in [0.2, 0.25) is 6.04 Å². The van der Waals surface area contributed by atoms with Crippen molar-refractivity contribution in [1.82, 2.24) is 0 Å². The zero-order valence-electron chi connectivity index (χ0n) is 14.0. The number of hydrogen-bond donors (Lipinski definition) is 0. The van der Waals surface area contributed by atoms with Gasteiger partial charge in [-0.2, -0.15) is 0 Å². The fourth-order valence-corrected chi connectivity index (χ4v) is 3.81. The van der Waals surface area contributed by atoms with E-state index in [1.807, 2.05) is 6.92 Å². The molecule has 6 nitrogen and oxygen atoms in total. The molecule has 1 atom stereocenters. The van der Waals surface area contributed by atoms with E-state index in [1.54, 1.807) is 28.4 Å². The minimum absolute atomic E-state index is 0.0730.